The number of morpholine rings is 1. The minimum Gasteiger partial charge on any atom is -0.452 e. The Morgan fingerprint density at radius 2 is 1.77 bits per heavy atom. The molecule has 2 unspecified atom stereocenters. The fourth-order valence-electron chi connectivity index (χ4n) is 3.94. The Bertz CT molecular complexity index is 1100. The molecule has 3 aromatic rings. The molecule has 0 N–H and O–H groups in total. The van der Waals surface area contributed by atoms with Crippen molar-refractivity contribution in [2.24, 2.45) is 0 Å². The normalized spacial score (nSPS) is 18.7. The van der Waals surface area contributed by atoms with Crippen LogP contribution in [0.1, 0.15) is 29.8 Å². The highest BCUT2D eigenvalue weighted by Gasteiger charge is 2.27. The molecule has 2 heterocycles. The molecule has 1 aliphatic rings. The van der Waals surface area contributed by atoms with Gasteiger partial charge in [0.2, 0.25) is 0 Å². The average molecular weight is 418 g/mol. The molecule has 0 saturated carbocycles. The first-order chi connectivity index (χ1) is 14.9. The highest BCUT2D eigenvalue weighted by molar-refractivity contribution is 6.05. The van der Waals surface area contributed by atoms with Crippen LogP contribution in [-0.4, -0.2) is 53.7 Å². The van der Waals surface area contributed by atoms with Crippen LogP contribution in [0.4, 0.5) is 0 Å². The summed E-state index contributed by atoms with van der Waals surface area (Å²) >= 11 is 0. The van der Waals surface area contributed by atoms with Crippen molar-refractivity contribution < 1.29 is 19.1 Å². The van der Waals surface area contributed by atoms with E-state index in [0.717, 1.165) is 11.1 Å². The molecule has 160 valence electrons. The van der Waals surface area contributed by atoms with Gasteiger partial charge in [-0.25, -0.2) is 9.78 Å². The Labute approximate surface area is 181 Å². The van der Waals surface area contributed by atoms with E-state index in [2.05, 4.69) is 0 Å². The lowest BCUT2D eigenvalue weighted by molar-refractivity contribution is -0.146. The number of benzene rings is 2. The fraction of sp³-hybridized carbons (Fsp3) is 0.320. The molecule has 31 heavy (non-hydrogen) atoms. The number of ether oxygens (including phenoxy) is 2. The van der Waals surface area contributed by atoms with Crippen molar-refractivity contribution in [3.05, 3.63) is 65.7 Å². The van der Waals surface area contributed by atoms with E-state index in [1.165, 1.54) is 0 Å². The van der Waals surface area contributed by atoms with E-state index < -0.39 is 5.97 Å². The number of esters is 1. The number of aromatic nitrogens is 1. The molecule has 6 heteroatoms. The molecule has 0 radical (unpaired) electrons. The topological polar surface area (TPSA) is 68.7 Å². The molecule has 1 amide bonds. The largest absolute Gasteiger partial charge is 0.452 e. The number of pyridine rings is 1. The van der Waals surface area contributed by atoms with Gasteiger partial charge in [0.1, 0.15) is 0 Å². The Balaban J connectivity index is 1.59. The van der Waals surface area contributed by atoms with E-state index >= 15 is 0 Å². The predicted octanol–water partition coefficient (Wildman–Crippen LogP) is 4.00. The third-order valence-electron chi connectivity index (χ3n) is 5.35. The molecule has 1 aliphatic heterocycles. The Morgan fingerprint density at radius 1 is 1.06 bits per heavy atom. The number of aryl methyl sites for hydroxylation is 1. The van der Waals surface area contributed by atoms with Crippen molar-refractivity contribution >= 4 is 22.8 Å². The van der Waals surface area contributed by atoms with Gasteiger partial charge in [-0.3, -0.25) is 4.79 Å². The Kier molecular flexibility index (Phi) is 6.00. The van der Waals surface area contributed by atoms with E-state index in [9.17, 15) is 9.59 Å². The second-order valence-electron chi connectivity index (χ2n) is 8.07. The molecule has 0 spiro atoms. The molecule has 0 bridgehead atoms. The summed E-state index contributed by atoms with van der Waals surface area (Å²) in [6.45, 7) is 6.52. The van der Waals surface area contributed by atoms with Gasteiger partial charge in [0.05, 0.1) is 29.0 Å². The summed E-state index contributed by atoms with van der Waals surface area (Å²) < 4.78 is 11.1. The van der Waals surface area contributed by atoms with Gasteiger partial charge < -0.3 is 14.4 Å². The van der Waals surface area contributed by atoms with E-state index in [4.69, 9.17) is 14.5 Å². The van der Waals surface area contributed by atoms with Crippen LogP contribution in [0.2, 0.25) is 0 Å². The summed E-state index contributed by atoms with van der Waals surface area (Å²) in [5.74, 6) is -0.744. The first-order valence-electron chi connectivity index (χ1n) is 10.5. The number of carbonyl (C=O) groups is 2. The summed E-state index contributed by atoms with van der Waals surface area (Å²) in [6, 6.07) is 17.2. The smallest absolute Gasteiger partial charge is 0.339 e. The number of rotatable bonds is 4. The minimum absolute atomic E-state index is 0.0380. The van der Waals surface area contributed by atoms with Gasteiger partial charge in [0.25, 0.3) is 5.91 Å². The molecule has 0 aliphatic carbocycles. The lowest BCUT2D eigenvalue weighted by atomic mass is 10.0. The second-order valence-corrected chi connectivity index (χ2v) is 8.07. The Morgan fingerprint density at radius 3 is 2.48 bits per heavy atom. The van der Waals surface area contributed by atoms with Crippen molar-refractivity contribution in [2.75, 3.05) is 19.7 Å². The molecule has 1 aromatic heterocycles. The minimum atomic E-state index is -0.530. The zero-order chi connectivity index (χ0) is 22.0. The van der Waals surface area contributed by atoms with E-state index in [1.54, 1.807) is 11.0 Å². The molecular formula is C25H26N2O4. The summed E-state index contributed by atoms with van der Waals surface area (Å²) in [5.41, 5.74) is 3.73. The van der Waals surface area contributed by atoms with Gasteiger partial charge in [-0.15, -0.1) is 0 Å². The van der Waals surface area contributed by atoms with Gasteiger partial charge in [-0.1, -0.05) is 42.0 Å². The number of hydrogen-bond acceptors (Lipinski definition) is 5. The van der Waals surface area contributed by atoms with Crippen molar-refractivity contribution in [1.29, 1.82) is 0 Å². The SMILES string of the molecule is Cc1ccc2nc(-c3ccccc3)cc(C(=O)OCC(=O)N3CC(C)OC(C)C3)c2c1. The monoisotopic (exact) mass is 418 g/mol. The highest BCUT2D eigenvalue weighted by atomic mass is 16.5. The van der Waals surface area contributed by atoms with Gasteiger partial charge in [0.15, 0.2) is 6.61 Å². The van der Waals surface area contributed by atoms with Crippen LogP contribution in [0, 0.1) is 6.92 Å². The fourth-order valence-corrected chi connectivity index (χ4v) is 3.94. The number of carbonyl (C=O) groups excluding carboxylic acids is 2. The molecule has 2 aromatic carbocycles. The van der Waals surface area contributed by atoms with Crippen LogP contribution in [-0.2, 0) is 14.3 Å². The van der Waals surface area contributed by atoms with Crippen molar-refractivity contribution in [3.8, 4) is 11.3 Å². The average Bonchev–Trinajstić information content (AvgIpc) is 2.76. The highest BCUT2D eigenvalue weighted by Crippen LogP contribution is 2.26. The summed E-state index contributed by atoms with van der Waals surface area (Å²) in [5, 5.41) is 0.714. The first kappa shape index (κ1) is 21.0. The van der Waals surface area contributed by atoms with Crippen LogP contribution in [0.25, 0.3) is 22.2 Å². The maximum absolute atomic E-state index is 13.0. The predicted molar refractivity (Wildman–Crippen MR) is 119 cm³/mol. The number of hydrogen-bond donors (Lipinski definition) is 0. The molecular weight excluding hydrogens is 392 g/mol. The third kappa shape index (κ3) is 4.75. The molecule has 6 nitrogen and oxygen atoms in total. The lowest BCUT2D eigenvalue weighted by Crippen LogP contribution is -2.49. The Hall–Kier alpha value is -3.25. The lowest BCUT2D eigenvalue weighted by Gasteiger charge is -2.35. The van der Waals surface area contributed by atoms with Crippen molar-refractivity contribution in [3.63, 3.8) is 0 Å². The summed E-state index contributed by atoms with van der Waals surface area (Å²) in [7, 11) is 0. The standard InChI is InChI=1S/C25H26N2O4/c1-16-9-10-22-20(11-16)21(12-23(26-22)19-7-5-4-6-8-19)25(29)30-15-24(28)27-13-17(2)31-18(3)14-27/h4-12,17-18H,13-15H2,1-3H3. The first-order valence-corrected chi connectivity index (χ1v) is 10.5. The molecule has 2 atom stereocenters. The molecule has 1 saturated heterocycles. The number of fused-ring (bicyclic) bond motifs is 1. The van der Waals surface area contributed by atoms with Crippen LogP contribution >= 0.6 is 0 Å². The van der Waals surface area contributed by atoms with E-state index in [1.807, 2.05) is 69.3 Å². The van der Waals surface area contributed by atoms with Crippen LogP contribution < -0.4 is 0 Å². The van der Waals surface area contributed by atoms with Gasteiger partial charge in [-0.05, 0) is 39.0 Å². The van der Waals surface area contributed by atoms with Crippen LogP contribution in [0.5, 0.6) is 0 Å². The zero-order valence-electron chi connectivity index (χ0n) is 18.0. The quantitative estimate of drug-likeness (QED) is 0.599. The van der Waals surface area contributed by atoms with E-state index in [0.29, 0.717) is 35.2 Å². The second kappa shape index (κ2) is 8.86. The third-order valence-corrected chi connectivity index (χ3v) is 5.35. The van der Waals surface area contributed by atoms with Crippen molar-refractivity contribution in [2.45, 2.75) is 33.0 Å². The summed E-state index contributed by atoms with van der Waals surface area (Å²) in [4.78, 5) is 32.0. The zero-order valence-corrected chi connectivity index (χ0v) is 18.0. The molecule has 1 fully saturated rings. The van der Waals surface area contributed by atoms with Crippen LogP contribution in [0.15, 0.2) is 54.6 Å². The van der Waals surface area contributed by atoms with Gasteiger partial charge >= 0.3 is 5.97 Å². The number of nitrogens with zero attached hydrogens (tertiary/aromatic N) is 2. The van der Waals surface area contributed by atoms with Gasteiger partial charge in [0, 0.05) is 24.0 Å². The van der Waals surface area contributed by atoms with Crippen LogP contribution in [0.3, 0.4) is 0 Å². The maximum atomic E-state index is 13.0. The van der Waals surface area contributed by atoms with E-state index in [-0.39, 0.29) is 24.7 Å². The summed E-state index contributed by atoms with van der Waals surface area (Å²) in [6.07, 6.45) is -0.0760. The van der Waals surface area contributed by atoms with Crippen molar-refractivity contribution in [1.82, 2.24) is 9.88 Å². The maximum Gasteiger partial charge on any atom is 0.339 e. The number of amides is 1. The molecule has 4 rings (SSSR count). The van der Waals surface area contributed by atoms with Gasteiger partial charge in [-0.2, -0.15) is 0 Å².